The Hall–Kier alpha value is -1.81. The molecule has 1 aliphatic heterocycles. The lowest BCUT2D eigenvalue weighted by atomic mass is 9.88. The van der Waals surface area contributed by atoms with Crippen LogP contribution in [0.15, 0.2) is 30.3 Å². The van der Waals surface area contributed by atoms with Crippen molar-refractivity contribution in [3.8, 4) is 11.1 Å². The topological polar surface area (TPSA) is 9.23 Å². The molecule has 0 amide bonds. The molecule has 1 saturated heterocycles. The van der Waals surface area contributed by atoms with Crippen LogP contribution in [0.2, 0.25) is 0 Å². The minimum Gasteiger partial charge on any atom is -0.378 e. The monoisotopic (exact) mass is 404 g/mol. The lowest BCUT2D eigenvalue weighted by Gasteiger charge is -2.30. The van der Waals surface area contributed by atoms with Gasteiger partial charge in [-0.1, -0.05) is 63.8 Å². The van der Waals surface area contributed by atoms with Gasteiger partial charge >= 0.3 is 0 Å². The second-order valence-corrected chi connectivity index (χ2v) is 8.08. The first kappa shape index (κ1) is 21.9. The van der Waals surface area contributed by atoms with E-state index in [9.17, 15) is 13.2 Å². The second-order valence-electron chi connectivity index (χ2n) is 8.08. The molecule has 0 bridgehead atoms. The Morgan fingerprint density at radius 1 is 0.897 bits per heavy atom. The zero-order valence-corrected chi connectivity index (χ0v) is 17.4. The van der Waals surface area contributed by atoms with Crippen molar-refractivity contribution < 1.29 is 17.9 Å². The Balaban J connectivity index is 1.69. The molecule has 0 N–H and O–H groups in total. The summed E-state index contributed by atoms with van der Waals surface area (Å²) in [6, 6.07) is 7.75. The van der Waals surface area contributed by atoms with Gasteiger partial charge in [-0.3, -0.25) is 0 Å². The molecule has 1 heterocycles. The molecule has 2 aromatic rings. The summed E-state index contributed by atoms with van der Waals surface area (Å²) in [5.41, 5.74) is 1.22. The summed E-state index contributed by atoms with van der Waals surface area (Å²) < 4.78 is 49.9. The molecule has 29 heavy (non-hydrogen) atoms. The van der Waals surface area contributed by atoms with Gasteiger partial charge in [0.2, 0.25) is 0 Å². The van der Waals surface area contributed by atoms with Crippen LogP contribution in [0.5, 0.6) is 0 Å². The summed E-state index contributed by atoms with van der Waals surface area (Å²) >= 11 is 0. The number of ether oxygens (including phenoxy) is 1. The van der Waals surface area contributed by atoms with Crippen LogP contribution in [0.4, 0.5) is 13.2 Å². The first-order valence-electron chi connectivity index (χ1n) is 10.9. The predicted octanol–water partition coefficient (Wildman–Crippen LogP) is 7.57. The van der Waals surface area contributed by atoms with Crippen molar-refractivity contribution in [2.45, 2.75) is 77.2 Å². The smallest absolute Gasteiger partial charge is 0.167 e. The molecular formula is C25H31F3O. The van der Waals surface area contributed by atoms with Crippen LogP contribution < -0.4 is 0 Å². The minimum absolute atomic E-state index is 0.0306. The standard InChI is InChI=1S/C25H31F3O/c1-3-5-6-7-8-19-11-10-18(16-29-19)20-13-14-22(25(28)24(20)27)21-12-9-17(4-2)15-23(21)26/h9,12-15,18-19H,3-8,10-11,16H2,1-2H3. The fourth-order valence-electron chi connectivity index (χ4n) is 4.16. The third kappa shape index (κ3) is 5.22. The number of unbranched alkanes of at least 4 members (excludes halogenated alkanes) is 3. The van der Waals surface area contributed by atoms with E-state index in [4.69, 9.17) is 4.74 Å². The molecule has 0 aliphatic carbocycles. The van der Waals surface area contributed by atoms with E-state index in [1.54, 1.807) is 12.1 Å². The van der Waals surface area contributed by atoms with Gasteiger partial charge in [-0.05, 0) is 42.9 Å². The van der Waals surface area contributed by atoms with Crippen LogP contribution >= 0.6 is 0 Å². The zero-order chi connectivity index (χ0) is 20.8. The van der Waals surface area contributed by atoms with Crippen molar-refractivity contribution in [2.24, 2.45) is 0 Å². The highest BCUT2D eigenvalue weighted by Crippen LogP contribution is 2.35. The molecule has 0 aromatic heterocycles. The van der Waals surface area contributed by atoms with Crippen molar-refractivity contribution in [1.29, 1.82) is 0 Å². The highest BCUT2D eigenvalue weighted by molar-refractivity contribution is 5.66. The van der Waals surface area contributed by atoms with Crippen molar-refractivity contribution in [2.75, 3.05) is 6.61 Å². The lowest BCUT2D eigenvalue weighted by Crippen LogP contribution is -2.25. The fourth-order valence-corrected chi connectivity index (χ4v) is 4.16. The number of halogens is 3. The average molecular weight is 405 g/mol. The van der Waals surface area contributed by atoms with Crippen molar-refractivity contribution in [3.05, 3.63) is 58.9 Å². The number of rotatable bonds is 8. The van der Waals surface area contributed by atoms with E-state index < -0.39 is 17.5 Å². The Morgan fingerprint density at radius 3 is 2.34 bits per heavy atom. The van der Waals surface area contributed by atoms with Gasteiger partial charge in [0.05, 0.1) is 12.7 Å². The summed E-state index contributed by atoms with van der Waals surface area (Å²) in [4.78, 5) is 0. The third-order valence-electron chi connectivity index (χ3n) is 6.03. The normalized spacial score (nSPS) is 19.5. The predicted molar refractivity (Wildman–Crippen MR) is 112 cm³/mol. The molecule has 158 valence electrons. The molecule has 1 aliphatic rings. The van der Waals surface area contributed by atoms with Crippen LogP contribution in [0.3, 0.4) is 0 Å². The molecule has 0 radical (unpaired) electrons. The Kier molecular flexibility index (Phi) is 7.77. The zero-order valence-electron chi connectivity index (χ0n) is 17.4. The Bertz CT molecular complexity index is 810. The van der Waals surface area contributed by atoms with Crippen LogP contribution in [-0.4, -0.2) is 12.7 Å². The van der Waals surface area contributed by atoms with Crippen LogP contribution in [0.25, 0.3) is 11.1 Å². The first-order valence-corrected chi connectivity index (χ1v) is 10.9. The molecule has 4 heteroatoms. The van der Waals surface area contributed by atoms with E-state index in [1.807, 2.05) is 6.92 Å². The molecule has 2 aromatic carbocycles. The van der Waals surface area contributed by atoms with Gasteiger partial charge in [-0.15, -0.1) is 0 Å². The van der Waals surface area contributed by atoms with E-state index >= 15 is 0 Å². The van der Waals surface area contributed by atoms with Gasteiger partial charge in [0.1, 0.15) is 5.82 Å². The lowest BCUT2D eigenvalue weighted by molar-refractivity contribution is -0.00282. The molecule has 0 spiro atoms. The van der Waals surface area contributed by atoms with Gasteiger partial charge in [-0.2, -0.15) is 0 Å². The molecule has 3 rings (SSSR count). The van der Waals surface area contributed by atoms with Crippen LogP contribution in [0.1, 0.15) is 75.8 Å². The average Bonchev–Trinajstić information content (AvgIpc) is 2.74. The highest BCUT2D eigenvalue weighted by atomic mass is 19.2. The molecule has 1 nitrogen and oxygen atoms in total. The Morgan fingerprint density at radius 2 is 1.69 bits per heavy atom. The molecule has 2 atom stereocenters. The summed E-state index contributed by atoms with van der Waals surface area (Å²) in [6.45, 7) is 4.52. The van der Waals surface area contributed by atoms with Crippen LogP contribution in [-0.2, 0) is 11.2 Å². The summed E-state index contributed by atoms with van der Waals surface area (Å²) in [5.74, 6) is -2.54. The molecule has 0 saturated carbocycles. The molecule has 2 unspecified atom stereocenters. The maximum absolute atomic E-state index is 14.8. The highest BCUT2D eigenvalue weighted by Gasteiger charge is 2.27. The van der Waals surface area contributed by atoms with E-state index in [2.05, 4.69) is 6.92 Å². The second kappa shape index (κ2) is 10.3. The van der Waals surface area contributed by atoms with E-state index in [-0.39, 0.29) is 23.1 Å². The van der Waals surface area contributed by atoms with Crippen molar-refractivity contribution in [1.82, 2.24) is 0 Å². The van der Waals surface area contributed by atoms with Crippen molar-refractivity contribution >= 4 is 0 Å². The maximum atomic E-state index is 14.8. The molecule has 1 fully saturated rings. The van der Waals surface area contributed by atoms with Crippen molar-refractivity contribution in [3.63, 3.8) is 0 Å². The summed E-state index contributed by atoms with van der Waals surface area (Å²) in [6.07, 6.45) is 8.43. The minimum atomic E-state index is -0.979. The number of aryl methyl sites for hydroxylation is 1. The van der Waals surface area contributed by atoms with Crippen LogP contribution in [0, 0.1) is 17.5 Å². The maximum Gasteiger partial charge on any atom is 0.167 e. The van der Waals surface area contributed by atoms with Gasteiger partial charge in [0, 0.05) is 17.0 Å². The largest absolute Gasteiger partial charge is 0.378 e. The number of benzene rings is 2. The number of hydrogen-bond acceptors (Lipinski definition) is 1. The molecular weight excluding hydrogens is 373 g/mol. The fraction of sp³-hybridized carbons (Fsp3) is 0.520. The summed E-state index contributed by atoms with van der Waals surface area (Å²) in [5, 5.41) is 0. The van der Waals surface area contributed by atoms with Gasteiger partial charge < -0.3 is 4.74 Å². The number of hydrogen-bond donors (Lipinski definition) is 0. The quantitative estimate of drug-likeness (QED) is 0.412. The van der Waals surface area contributed by atoms with Gasteiger partial charge in [0.15, 0.2) is 11.6 Å². The summed E-state index contributed by atoms with van der Waals surface area (Å²) in [7, 11) is 0. The van der Waals surface area contributed by atoms with E-state index in [0.717, 1.165) is 31.2 Å². The SMILES string of the molecule is CCCCCCC1CCC(c2ccc(-c3ccc(CC)cc3F)c(F)c2F)CO1. The Labute approximate surface area is 172 Å². The van der Waals surface area contributed by atoms with Gasteiger partial charge in [0.25, 0.3) is 0 Å². The van der Waals surface area contributed by atoms with Gasteiger partial charge in [-0.25, -0.2) is 13.2 Å². The van der Waals surface area contributed by atoms with E-state index in [0.29, 0.717) is 18.6 Å². The first-order chi connectivity index (χ1) is 14.0. The third-order valence-corrected chi connectivity index (χ3v) is 6.03. The van der Waals surface area contributed by atoms with E-state index in [1.165, 1.54) is 37.5 Å².